The van der Waals surface area contributed by atoms with Crippen molar-refractivity contribution in [1.29, 1.82) is 0 Å². The summed E-state index contributed by atoms with van der Waals surface area (Å²) in [7, 11) is 0. The van der Waals surface area contributed by atoms with Crippen molar-refractivity contribution in [3.05, 3.63) is 33.3 Å². The lowest BCUT2D eigenvalue weighted by atomic mass is 10.0. The third kappa shape index (κ3) is 2.71. The van der Waals surface area contributed by atoms with Gasteiger partial charge in [0.15, 0.2) is 0 Å². The summed E-state index contributed by atoms with van der Waals surface area (Å²) >= 11 is 9.48. The fourth-order valence-corrected chi connectivity index (χ4v) is 2.81. The summed E-state index contributed by atoms with van der Waals surface area (Å²) in [6, 6.07) is 5.53. The summed E-state index contributed by atoms with van der Waals surface area (Å²) in [5.74, 6) is 0.379. The van der Waals surface area contributed by atoms with Gasteiger partial charge >= 0.3 is 0 Å². The third-order valence-corrected chi connectivity index (χ3v) is 4.73. The molecule has 0 radical (unpaired) electrons. The molecule has 1 aliphatic heterocycles. The number of carbonyl (C=O) groups excluding carboxylic acids is 1. The van der Waals surface area contributed by atoms with Gasteiger partial charge in [0, 0.05) is 23.6 Å². The summed E-state index contributed by atoms with van der Waals surface area (Å²) in [5.41, 5.74) is 6.43. The fraction of sp³-hybridized carbons (Fsp3) is 0.462. The molecule has 3 nitrogen and oxygen atoms in total. The van der Waals surface area contributed by atoms with E-state index in [1.165, 1.54) is 0 Å². The molecular formula is C13H16BrClN2O. The largest absolute Gasteiger partial charge is 0.338 e. The Morgan fingerprint density at radius 2 is 2.33 bits per heavy atom. The number of likely N-dealkylation sites (tertiary alicyclic amines) is 1. The Balaban J connectivity index is 2.16. The summed E-state index contributed by atoms with van der Waals surface area (Å²) < 4.78 is 0.748. The van der Waals surface area contributed by atoms with Crippen LogP contribution < -0.4 is 5.73 Å². The molecule has 2 atom stereocenters. The molecule has 1 fully saturated rings. The lowest BCUT2D eigenvalue weighted by Gasteiger charge is -2.19. The number of carbonyl (C=O) groups is 1. The monoisotopic (exact) mass is 330 g/mol. The van der Waals surface area contributed by atoms with E-state index in [9.17, 15) is 4.79 Å². The van der Waals surface area contributed by atoms with Crippen LogP contribution in [0.15, 0.2) is 22.7 Å². The molecule has 1 aliphatic rings. The van der Waals surface area contributed by atoms with E-state index in [4.69, 9.17) is 17.3 Å². The Bertz CT molecular complexity index is 464. The number of hydrogen-bond acceptors (Lipinski definition) is 2. The average molecular weight is 332 g/mol. The molecule has 0 bridgehead atoms. The van der Waals surface area contributed by atoms with Gasteiger partial charge in [-0.2, -0.15) is 0 Å². The predicted molar refractivity (Wildman–Crippen MR) is 76.8 cm³/mol. The molecular weight excluding hydrogens is 316 g/mol. The van der Waals surface area contributed by atoms with Gasteiger partial charge in [-0.1, -0.05) is 17.7 Å². The van der Waals surface area contributed by atoms with E-state index in [1.54, 1.807) is 6.07 Å². The molecule has 0 aliphatic carbocycles. The second-order valence-corrected chi connectivity index (χ2v) is 5.99. The van der Waals surface area contributed by atoms with Crippen molar-refractivity contribution in [2.75, 3.05) is 13.1 Å². The van der Waals surface area contributed by atoms with Gasteiger partial charge in [-0.3, -0.25) is 4.79 Å². The van der Waals surface area contributed by atoms with E-state index in [0.29, 0.717) is 16.5 Å². The number of amides is 1. The quantitative estimate of drug-likeness (QED) is 0.905. The minimum Gasteiger partial charge on any atom is -0.338 e. The number of hydrogen-bond donors (Lipinski definition) is 1. The number of rotatable bonds is 2. The van der Waals surface area contributed by atoms with Crippen LogP contribution in [-0.4, -0.2) is 29.9 Å². The van der Waals surface area contributed by atoms with Crippen LogP contribution in [0.2, 0.25) is 5.02 Å². The molecule has 2 N–H and O–H groups in total. The second kappa shape index (κ2) is 5.59. The molecule has 1 saturated heterocycles. The standard InChI is InChI=1S/C13H16BrClN2O/c1-8(16)9-5-6-17(7-9)13(18)10-3-2-4-11(14)12(10)15/h2-4,8-9H,5-7,16H2,1H3. The average Bonchev–Trinajstić information content (AvgIpc) is 2.81. The Morgan fingerprint density at radius 3 is 2.94 bits per heavy atom. The minimum absolute atomic E-state index is 0.00977. The van der Waals surface area contributed by atoms with Gasteiger partial charge in [0.05, 0.1) is 10.6 Å². The van der Waals surface area contributed by atoms with E-state index in [0.717, 1.165) is 24.0 Å². The number of nitrogens with two attached hydrogens (primary N) is 1. The van der Waals surface area contributed by atoms with Crippen molar-refractivity contribution in [1.82, 2.24) is 4.90 Å². The van der Waals surface area contributed by atoms with Gasteiger partial charge in [0.25, 0.3) is 5.91 Å². The zero-order valence-electron chi connectivity index (χ0n) is 10.2. The van der Waals surface area contributed by atoms with Crippen LogP contribution >= 0.6 is 27.5 Å². The van der Waals surface area contributed by atoms with Crippen LogP contribution in [0.4, 0.5) is 0 Å². The molecule has 0 spiro atoms. The van der Waals surface area contributed by atoms with Gasteiger partial charge in [0.1, 0.15) is 0 Å². The van der Waals surface area contributed by atoms with Gasteiger partial charge in [-0.25, -0.2) is 0 Å². The van der Waals surface area contributed by atoms with E-state index in [-0.39, 0.29) is 11.9 Å². The van der Waals surface area contributed by atoms with Crippen molar-refractivity contribution in [3.63, 3.8) is 0 Å². The van der Waals surface area contributed by atoms with Gasteiger partial charge in [-0.05, 0) is 47.3 Å². The van der Waals surface area contributed by atoms with Gasteiger partial charge < -0.3 is 10.6 Å². The molecule has 0 saturated carbocycles. The van der Waals surface area contributed by atoms with Crippen LogP contribution in [0, 0.1) is 5.92 Å². The van der Waals surface area contributed by atoms with Crippen LogP contribution in [0.5, 0.6) is 0 Å². The molecule has 18 heavy (non-hydrogen) atoms. The van der Waals surface area contributed by atoms with Crippen molar-refractivity contribution in [2.24, 2.45) is 11.7 Å². The Kier molecular flexibility index (Phi) is 4.30. The predicted octanol–water partition coefficient (Wildman–Crippen LogP) is 2.91. The van der Waals surface area contributed by atoms with Gasteiger partial charge in [-0.15, -0.1) is 0 Å². The van der Waals surface area contributed by atoms with Crippen molar-refractivity contribution >= 4 is 33.4 Å². The Morgan fingerprint density at radius 1 is 1.61 bits per heavy atom. The highest BCUT2D eigenvalue weighted by Crippen LogP contribution is 2.28. The molecule has 1 aromatic carbocycles. The first-order chi connectivity index (χ1) is 8.50. The van der Waals surface area contributed by atoms with Crippen molar-refractivity contribution in [2.45, 2.75) is 19.4 Å². The highest BCUT2D eigenvalue weighted by atomic mass is 79.9. The molecule has 2 unspecified atom stereocenters. The number of nitrogens with zero attached hydrogens (tertiary/aromatic N) is 1. The maximum atomic E-state index is 12.4. The maximum absolute atomic E-state index is 12.4. The van der Waals surface area contributed by atoms with Crippen LogP contribution in [0.3, 0.4) is 0 Å². The summed E-state index contributed by atoms with van der Waals surface area (Å²) in [6.45, 7) is 3.47. The Labute approximate surface area is 120 Å². The van der Waals surface area contributed by atoms with Crippen LogP contribution in [0.1, 0.15) is 23.7 Å². The molecule has 0 aromatic heterocycles. The Hall–Kier alpha value is -0.580. The summed E-state index contributed by atoms with van der Waals surface area (Å²) in [6.07, 6.45) is 0.967. The topological polar surface area (TPSA) is 46.3 Å². The number of halogens is 2. The van der Waals surface area contributed by atoms with E-state index in [1.807, 2.05) is 24.0 Å². The molecule has 1 amide bonds. The van der Waals surface area contributed by atoms with Crippen molar-refractivity contribution < 1.29 is 4.79 Å². The van der Waals surface area contributed by atoms with E-state index >= 15 is 0 Å². The summed E-state index contributed by atoms with van der Waals surface area (Å²) in [5, 5.41) is 0.478. The first kappa shape index (κ1) is 13.8. The first-order valence-corrected chi connectivity index (χ1v) is 7.16. The molecule has 1 heterocycles. The fourth-order valence-electron chi connectivity index (χ4n) is 2.24. The highest BCUT2D eigenvalue weighted by molar-refractivity contribution is 9.10. The van der Waals surface area contributed by atoms with Crippen LogP contribution in [-0.2, 0) is 0 Å². The SMILES string of the molecule is CC(N)C1CCN(C(=O)c2cccc(Br)c2Cl)C1. The normalized spacial score (nSPS) is 21.1. The lowest BCUT2D eigenvalue weighted by molar-refractivity contribution is 0.0786. The van der Waals surface area contributed by atoms with E-state index in [2.05, 4.69) is 15.9 Å². The highest BCUT2D eigenvalue weighted by Gasteiger charge is 2.29. The molecule has 1 aromatic rings. The summed E-state index contributed by atoms with van der Waals surface area (Å²) in [4.78, 5) is 14.2. The zero-order valence-corrected chi connectivity index (χ0v) is 12.5. The molecule has 2 rings (SSSR count). The third-order valence-electron chi connectivity index (χ3n) is 3.44. The lowest BCUT2D eigenvalue weighted by Crippen LogP contribution is -2.33. The van der Waals surface area contributed by atoms with Crippen LogP contribution in [0.25, 0.3) is 0 Å². The maximum Gasteiger partial charge on any atom is 0.255 e. The molecule has 98 valence electrons. The second-order valence-electron chi connectivity index (χ2n) is 4.76. The zero-order chi connectivity index (χ0) is 13.3. The van der Waals surface area contributed by atoms with E-state index < -0.39 is 0 Å². The minimum atomic E-state index is -0.00977. The molecule has 5 heteroatoms. The van der Waals surface area contributed by atoms with Gasteiger partial charge in [0.2, 0.25) is 0 Å². The smallest absolute Gasteiger partial charge is 0.255 e. The number of benzene rings is 1. The first-order valence-electron chi connectivity index (χ1n) is 5.99. The van der Waals surface area contributed by atoms with Crippen molar-refractivity contribution in [3.8, 4) is 0 Å².